The van der Waals surface area contributed by atoms with Crippen molar-refractivity contribution >= 4 is 10.1 Å². The van der Waals surface area contributed by atoms with Gasteiger partial charge in [-0.15, -0.1) is 0 Å². The van der Waals surface area contributed by atoms with E-state index >= 15 is 0 Å². The highest BCUT2D eigenvalue weighted by atomic mass is 32.2. The Balaban J connectivity index is 3.61. The highest BCUT2D eigenvalue weighted by molar-refractivity contribution is 7.86. The predicted molar refractivity (Wildman–Crippen MR) is 116 cm³/mol. The summed E-state index contributed by atoms with van der Waals surface area (Å²) in [6.45, 7) is 8.49. The van der Waals surface area contributed by atoms with Crippen LogP contribution in [-0.2, 0) is 27.7 Å². The lowest BCUT2D eigenvalue weighted by molar-refractivity contribution is 0.379. The van der Waals surface area contributed by atoms with Crippen LogP contribution >= 0.6 is 0 Å². The minimum absolute atomic E-state index is 0.499. The van der Waals surface area contributed by atoms with Crippen LogP contribution in [0.5, 0.6) is 0 Å². The van der Waals surface area contributed by atoms with E-state index in [1.807, 2.05) is 12.1 Å². The van der Waals surface area contributed by atoms with Crippen molar-refractivity contribution in [2.75, 3.05) is 0 Å². The van der Waals surface area contributed by atoms with Gasteiger partial charge in [0.2, 0.25) is 0 Å². The Morgan fingerprint density at radius 2 is 1.33 bits per heavy atom. The van der Waals surface area contributed by atoms with Crippen LogP contribution in [0.15, 0.2) is 18.2 Å². The highest BCUT2D eigenvalue weighted by Crippen LogP contribution is 2.43. The Morgan fingerprint density at radius 3 is 1.81 bits per heavy atom. The fourth-order valence-electron chi connectivity index (χ4n) is 4.03. The molecule has 0 bridgehead atoms. The molecule has 1 aromatic rings. The third-order valence-corrected chi connectivity index (χ3v) is 7.32. The normalized spacial score (nSPS) is 12.5. The number of benzene rings is 1. The summed E-state index contributed by atoms with van der Waals surface area (Å²) in [7, 11) is -4.21. The summed E-state index contributed by atoms with van der Waals surface area (Å²) in [6.07, 6.45) is 10.6. The summed E-state index contributed by atoms with van der Waals surface area (Å²) in [5.74, 6) is 0. The molecule has 0 unspecified atom stereocenters. The van der Waals surface area contributed by atoms with E-state index in [1.165, 1.54) is 11.1 Å². The molecule has 3 nitrogen and oxygen atoms in total. The topological polar surface area (TPSA) is 54.4 Å². The van der Waals surface area contributed by atoms with Gasteiger partial charge >= 0.3 is 0 Å². The Labute approximate surface area is 167 Å². The van der Waals surface area contributed by atoms with Crippen molar-refractivity contribution < 1.29 is 13.0 Å². The van der Waals surface area contributed by atoms with Gasteiger partial charge in [-0.3, -0.25) is 4.55 Å². The molecule has 0 aliphatic rings. The molecule has 0 atom stereocenters. The molecule has 4 heteroatoms. The molecular formula is C23H40O3S. The summed E-state index contributed by atoms with van der Waals surface area (Å²) < 4.78 is 34.8. The molecule has 0 aliphatic heterocycles. The minimum Gasteiger partial charge on any atom is -0.285 e. The fraction of sp³-hybridized carbons (Fsp3) is 0.739. The molecule has 27 heavy (non-hydrogen) atoms. The van der Waals surface area contributed by atoms with Gasteiger partial charge in [-0.05, 0) is 55.2 Å². The van der Waals surface area contributed by atoms with Crippen LogP contribution in [0.2, 0.25) is 0 Å². The third kappa shape index (κ3) is 6.32. The smallest absolute Gasteiger partial charge is 0.274 e. The Hall–Kier alpha value is -0.870. The van der Waals surface area contributed by atoms with Crippen molar-refractivity contribution in [3.63, 3.8) is 0 Å². The quantitative estimate of drug-likeness (QED) is 0.350. The number of hydrogen-bond donors (Lipinski definition) is 1. The SMILES string of the molecule is CCCCc1cccc(C(CCCC)(CCCC)S(=O)(=O)O)c1CCCC. The molecule has 1 aromatic carbocycles. The van der Waals surface area contributed by atoms with E-state index in [1.54, 1.807) is 0 Å². The molecule has 0 spiro atoms. The van der Waals surface area contributed by atoms with Crippen LogP contribution in [-0.4, -0.2) is 13.0 Å². The van der Waals surface area contributed by atoms with E-state index in [-0.39, 0.29) is 0 Å². The zero-order valence-electron chi connectivity index (χ0n) is 17.9. The molecular weight excluding hydrogens is 356 g/mol. The first kappa shape index (κ1) is 24.2. The van der Waals surface area contributed by atoms with Crippen LogP contribution in [0.25, 0.3) is 0 Å². The minimum atomic E-state index is -4.21. The maximum Gasteiger partial charge on any atom is 0.274 e. The summed E-state index contributed by atoms with van der Waals surface area (Å²) in [5, 5.41) is 0. The number of unbranched alkanes of at least 4 members (excludes halogenated alkanes) is 4. The summed E-state index contributed by atoms with van der Waals surface area (Å²) in [4.78, 5) is 0. The summed E-state index contributed by atoms with van der Waals surface area (Å²) >= 11 is 0. The highest BCUT2D eigenvalue weighted by Gasteiger charge is 2.44. The first-order chi connectivity index (χ1) is 12.9. The molecule has 156 valence electrons. The molecule has 0 heterocycles. The van der Waals surface area contributed by atoms with Crippen molar-refractivity contribution in [1.82, 2.24) is 0 Å². The third-order valence-electron chi connectivity index (χ3n) is 5.71. The van der Waals surface area contributed by atoms with Crippen molar-refractivity contribution in [2.45, 2.75) is 109 Å². The average Bonchev–Trinajstić information content (AvgIpc) is 2.64. The van der Waals surface area contributed by atoms with Crippen LogP contribution in [0.3, 0.4) is 0 Å². The summed E-state index contributed by atoms with van der Waals surface area (Å²) in [5.41, 5.74) is 3.32. The molecule has 0 saturated carbocycles. The van der Waals surface area contributed by atoms with Crippen LogP contribution in [0.4, 0.5) is 0 Å². The van der Waals surface area contributed by atoms with E-state index in [9.17, 15) is 13.0 Å². The van der Waals surface area contributed by atoms with E-state index in [2.05, 4.69) is 33.8 Å². The van der Waals surface area contributed by atoms with Crippen LogP contribution in [0, 0.1) is 0 Å². The van der Waals surface area contributed by atoms with Gasteiger partial charge in [-0.1, -0.05) is 84.4 Å². The van der Waals surface area contributed by atoms with E-state index in [4.69, 9.17) is 0 Å². The van der Waals surface area contributed by atoms with Gasteiger partial charge in [-0.2, -0.15) is 8.42 Å². The van der Waals surface area contributed by atoms with Crippen molar-refractivity contribution in [1.29, 1.82) is 0 Å². The first-order valence-electron chi connectivity index (χ1n) is 11.0. The Morgan fingerprint density at radius 1 is 0.815 bits per heavy atom. The lowest BCUT2D eigenvalue weighted by Gasteiger charge is -2.34. The predicted octanol–water partition coefficient (Wildman–Crippen LogP) is 6.84. The first-order valence-corrected chi connectivity index (χ1v) is 12.4. The zero-order chi connectivity index (χ0) is 20.3. The second kappa shape index (κ2) is 11.9. The van der Waals surface area contributed by atoms with Crippen LogP contribution < -0.4 is 0 Å². The Bertz CT molecular complexity index is 642. The lowest BCUT2D eigenvalue weighted by Crippen LogP contribution is -2.37. The molecule has 0 radical (unpaired) electrons. The second-order valence-electron chi connectivity index (χ2n) is 7.83. The standard InChI is InChI=1S/C23H40O3S/c1-5-9-14-20-15-13-17-22(21(20)16-10-6-2)23(18-11-7-3,19-12-8-4)27(24,25)26/h13,15,17H,5-12,14,16,18-19H2,1-4H3,(H,24,25,26). The van der Waals surface area contributed by atoms with Gasteiger partial charge in [0.25, 0.3) is 10.1 Å². The van der Waals surface area contributed by atoms with Gasteiger partial charge in [0.15, 0.2) is 0 Å². The van der Waals surface area contributed by atoms with E-state index in [0.29, 0.717) is 12.8 Å². The molecule has 1 N–H and O–H groups in total. The average molecular weight is 397 g/mol. The Kier molecular flexibility index (Phi) is 10.6. The van der Waals surface area contributed by atoms with Crippen molar-refractivity contribution in [3.8, 4) is 0 Å². The lowest BCUT2D eigenvalue weighted by atomic mass is 9.81. The van der Waals surface area contributed by atoms with Gasteiger partial charge in [0.05, 0.1) is 0 Å². The van der Waals surface area contributed by atoms with Crippen molar-refractivity contribution in [2.24, 2.45) is 0 Å². The van der Waals surface area contributed by atoms with Gasteiger partial charge in [-0.25, -0.2) is 0 Å². The molecule has 0 aliphatic carbocycles. The molecule has 1 rings (SSSR count). The van der Waals surface area contributed by atoms with Gasteiger partial charge < -0.3 is 0 Å². The van der Waals surface area contributed by atoms with E-state index < -0.39 is 14.9 Å². The van der Waals surface area contributed by atoms with Crippen molar-refractivity contribution in [3.05, 3.63) is 34.9 Å². The molecule has 0 saturated heterocycles. The molecule has 0 amide bonds. The molecule has 0 fully saturated rings. The van der Waals surface area contributed by atoms with Gasteiger partial charge in [0, 0.05) is 0 Å². The largest absolute Gasteiger partial charge is 0.285 e. The second-order valence-corrected chi connectivity index (χ2v) is 9.56. The van der Waals surface area contributed by atoms with Crippen LogP contribution in [0.1, 0.15) is 109 Å². The maximum absolute atomic E-state index is 12.8. The van der Waals surface area contributed by atoms with E-state index in [0.717, 1.165) is 69.8 Å². The maximum atomic E-state index is 12.8. The van der Waals surface area contributed by atoms with Gasteiger partial charge in [0.1, 0.15) is 4.75 Å². The number of aryl methyl sites for hydroxylation is 1. The zero-order valence-corrected chi connectivity index (χ0v) is 18.7. The molecule has 0 aromatic heterocycles. The number of hydrogen-bond acceptors (Lipinski definition) is 2. The number of rotatable bonds is 14. The monoisotopic (exact) mass is 396 g/mol. The summed E-state index contributed by atoms with van der Waals surface area (Å²) in [6, 6.07) is 6.12. The fourth-order valence-corrected chi connectivity index (χ4v) is 5.30.